The second-order valence-corrected chi connectivity index (χ2v) is 5.02. The highest BCUT2D eigenvalue weighted by Gasteiger charge is 2.12. The fourth-order valence-electron chi connectivity index (χ4n) is 1.70. The fourth-order valence-corrected chi connectivity index (χ4v) is 2.04. The summed E-state index contributed by atoms with van der Waals surface area (Å²) in [7, 11) is 0. The number of halogens is 2. The molecule has 0 saturated heterocycles. The van der Waals surface area contributed by atoms with E-state index in [1.165, 1.54) is 30.3 Å². The van der Waals surface area contributed by atoms with Crippen LogP contribution in [0.1, 0.15) is 5.56 Å². The summed E-state index contributed by atoms with van der Waals surface area (Å²) in [5, 5.41) is 10.8. The summed E-state index contributed by atoms with van der Waals surface area (Å²) >= 11 is 3.21. The SMILES string of the molecule is NNc1ccc([N+](=O)[O-])cc1COc1cc(Br)ccc1F. The Morgan fingerprint density at radius 1 is 1.33 bits per heavy atom. The van der Waals surface area contributed by atoms with Gasteiger partial charge in [-0.05, 0) is 24.3 Å². The minimum absolute atomic E-state index is 0.0406. The topological polar surface area (TPSA) is 90.4 Å². The van der Waals surface area contributed by atoms with Crippen molar-refractivity contribution in [1.29, 1.82) is 0 Å². The summed E-state index contributed by atoms with van der Waals surface area (Å²) in [6, 6.07) is 8.39. The van der Waals surface area contributed by atoms with Crippen LogP contribution < -0.4 is 16.0 Å². The van der Waals surface area contributed by atoms with Gasteiger partial charge in [0.25, 0.3) is 5.69 Å². The summed E-state index contributed by atoms with van der Waals surface area (Å²) in [5.41, 5.74) is 3.24. The molecule has 0 aliphatic carbocycles. The predicted molar refractivity (Wildman–Crippen MR) is 79.3 cm³/mol. The highest BCUT2D eigenvalue weighted by Crippen LogP contribution is 2.26. The van der Waals surface area contributed by atoms with Crippen LogP contribution in [0.15, 0.2) is 40.9 Å². The molecule has 0 spiro atoms. The number of nitrogens with zero attached hydrogens (tertiary/aromatic N) is 1. The zero-order valence-electron chi connectivity index (χ0n) is 10.7. The first kappa shape index (κ1) is 15.2. The van der Waals surface area contributed by atoms with Gasteiger partial charge in [-0.15, -0.1) is 0 Å². The van der Waals surface area contributed by atoms with Crippen LogP contribution in [0.3, 0.4) is 0 Å². The van der Waals surface area contributed by atoms with E-state index < -0.39 is 10.7 Å². The molecule has 2 aromatic carbocycles. The molecule has 0 saturated carbocycles. The quantitative estimate of drug-likeness (QED) is 0.487. The zero-order valence-corrected chi connectivity index (χ0v) is 12.3. The average Bonchev–Trinajstić information content (AvgIpc) is 2.47. The van der Waals surface area contributed by atoms with Crippen molar-refractivity contribution in [2.24, 2.45) is 5.84 Å². The van der Waals surface area contributed by atoms with Gasteiger partial charge < -0.3 is 10.2 Å². The van der Waals surface area contributed by atoms with Crippen LogP contribution in [0.25, 0.3) is 0 Å². The number of anilines is 1. The maximum atomic E-state index is 13.6. The Labute approximate surface area is 128 Å². The Bertz CT molecular complexity index is 682. The van der Waals surface area contributed by atoms with E-state index in [1.807, 2.05) is 0 Å². The van der Waals surface area contributed by atoms with Gasteiger partial charge in [0.15, 0.2) is 11.6 Å². The van der Waals surface area contributed by atoms with Crippen LogP contribution in [-0.2, 0) is 6.61 Å². The Morgan fingerprint density at radius 3 is 2.76 bits per heavy atom. The Morgan fingerprint density at radius 2 is 2.10 bits per heavy atom. The first-order valence-electron chi connectivity index (χ1n) is 5.83. The maximum absolute atomic E-state index is 13.6. The molecule has 0 unspecified atom stereocenters. The van der Waals surface area contributed by atoms with Crippen LogP contribution >= 0.6 is 15.9 Å². The Hall–Kier alpha value is -2.19. The molecule has 110 valence electrons. The second-order valence-electron chi connectivity index (χ2n) is 4.11. The molecule has 0 radical (unpaired) electrons. The molecule has 0 amide bonds. The van der Waals surface area contributed by atoms with E-state index in [0.717, 1.165) is 0 Å². The zero-order chi connectivity index (χ0) is 15.4. The highest BCUT2D eigenvalue weighted by molar-refractivity contribution is 9.10. The number of nitro groups is 1. The summed E-state index contributed by atoms with van der Waals surface area (Å²) in [6.45, 7) is -0.0609. The normalized spacial score (nSPS) is 10.2. The number of ether oxygens (including phenoxy) is 1. The van der Waals surface area contributed by atoms with Crippen molar-refractivity contribution in [1.82, 2.24) is 0 Å². The molecule has 0 aliphatic heterocycles. The largest absolute Gasteiger partial charge is 0.486 e. The lowest BCUT2D eigenvalue weighted by Gasteiger charge is -2.11. The first-order chi connectivity index (χ1) is 10.0. The summed E-state index contributed by atoms with van der Waals surface area (Å²) in [5.74, 6) is 4.86. The molecule has 0 aromatic heterocycles. The molecule has 0 fully saturated rings. The lowest BCUT2D eigenvalue weighted by molar-refractivity contribution is -0.384. The first-order valence-corrected chi connectivity index (χ1v) is 6.62. The molecular weight excluding hydrogens is 345 g/mol. The summed E-state index contributed by atoms with van der Waals surface area (Å²) < 4.78 is 19.6. The molecule has 6 nitrogen and oxygen atoms in total. The molecule has 2 aromatic rings. The Kier molecular flexibility index (Phi) is 4.71. The predicted octanol–water partition coefficient (Wildman–Crippen LogP) is 3.36. The number of rotatable bonds is 5. The second kappa shape index (κ2) is 6.51. The van der Waals surface area contributed by atoms with Crippen molar-refractivity contribution in [2.75, 3.05) is 5.43 Å². The van der Waals surface area contributed by atoms with Gasteiger partial charge in [-0.3, -0.25) is 16.0 Å². The highest BCUT2D eigenvalue weighted by atomic mass is 79.9. The molecule has 3 N–H and O–H groups in total. The molecule has 0 bridgehead atoms. The number of hydrogen-bond donors (Lipinski definition) is 2. The van der Waals surface area contributed by atoms with E-state index in [9.17, 15) is 14.5 Å². The van der Waals surface area contributed by atoms with E-state index in [0.29, 0.717) is 15.7 Å². The minimum atomic E-state index is -0.524. The van der Waals surface area contributed by atoms with Crippen LogP contribution in [0.5, 0.6) is 5.75 Å². The van der Waals surface area contributed by atoms with Crippen molar-refractivity contribution in [3.05, 3.63) is 62.4 Å². The lowest BCUT2D eigenvalue weighted by atomic mass is 10.1. The van der Waals surface area contributed by atoms with Crippen molar-refractivity contribution >= 4 is 27.3 Å². The number of benzene rings is 2. The summed E-state index contributed by atoms with van der Waals surface area (Å²) in [4.78, 5) is 10.2. The van der Waals surface area contributed by atoms with Gasteiger partial charge in [0.1, 0.15) is 6.61 Å². The van der Waals surface area contributed by atoms with Crippen molar-refractivity contribution in [3.8, 4) is 5.75 Å². The number of hydrazine groups is 1. The van der Waals surface area contributed by atoms with E-state index in [2.05, 4.69) is 21.4 Å². The third-order valence-corrected chi connectivity index (χ3v) is 3.22. The third-order valence-electron chi connectivity index (χ3n) is 2.73. The number of hydrogen-bond acceptors (Lipinski definition) is 5. The molecule has 0 aliphatic rings. The van der Waals surface area contributed by atoms with Gasteiger partial charge in [-0.1, -0.05) is 15.9 Å². The van der Waals surface area contributed by atoms with Gasteiger partial charge in [-0.2, -0.15) is 0 Å². The standard InChI is InChI=1S/C13H11BrFN3O3/c14-9-1-3-11(15)13(6-9)21-7-8-5-10(18(19)20)2-4-12(8)17-16/h1-6,17H,7,16H2. The van der Waals surface area contributed by atoms with Crippen molar-refractivity contribution < 1.29 is 14.1 Å². The Balaban J connectivity index is 2.24. The van der Waals surface area contributed by atoms with Crippen LogP contribution in [0.2, 0.25) is 0 Å². The fraction of sp³-hybridized carbons (Fsp3) is 0.0769. The van der Waals surface area contributed by atoms with Crippen LogP contribution in [-0.4, -0.2) is 4.92 Å². The number of non-ortho nitro benzene ring substituents is 1. The number of nitrogens with two attached hydrogens (primary N) is 1. The van der Waals surface area contributed by atoms with E-state index in [4.69, 9.17) is 10.6 Å². The summed E-state index contributed by atoms with van der Waals surface area (Å²) in [6.07, 6.45) is 0. The third kappa shape index (κ3) is 3.67. The van der Waals surface area contributed by atoms with Gasteiger partial charge in [0, 0.05) is 22.2 Å². The molecular formula is C13H11BrFN3O3. The molecule has 21 heavy (non-hydrogen) atoms. The van der Waals surface area contributed by atoms with Gasteiger partial charge in [-0.25, -0.2) is 4.39 Å². The maximum Gasteiger partial charge on any atom is 0.269 e. The van der Waals surface area contributed by atoms with Crippen molar-refractivity contribution in [3.63, 3.8) is 0 Å². The van der Waals surface area contributed by atoms with Crippen LogP contribution in [0, 0.1) is 15.9 Å². The minimum Gasteiger partial charge on any atom is -0.486 e. The molecule has 2 rings (SSSR count). The lowest BCUT2D eigenvalue weighted by Crippen LogP contribution is -2.11. The average molecular weight is 356 g/mol. The van der Waals surface area contributed by atoms with E-state index in [1.54, 1.807) is 6.07 Å². The smallest absolute Gasteiger partial charge is 0.269 e. The van der Waals surface area contributed by atoms with Gasteiger partial charge in [0.05, 0.1) is 10.6 Å². The molecule has 0 heterocycles. The number of nitrogen functional groups attached to an aromatic ring is 1. The monoisotopic (exact) mass is 355 g/mol. The number of nitro benzene ring substituents is 1. The molecule has 8 heteroatoms. The molecule has 0 atom stereocenters. The van der Waals surface area contributed by atoms with Crippen LogP contribution in [0.4, 0.5) is 15.8 Å². The van der Waals surface area contributed by atoms with Gasteiger partial charge >= 0.3 is 0 Å². The van der Waals surface area contributed by atoms with E-state index in [-0.39, 0.29) is 18.0 Å². The van der Waals surface area contributed by atoms with E-state index >= 15 is 0 Å². The van der Waals surface area contributed by atoms with Crippen molar-refractivity contribution in [2.45, 2.75) is 6.61 Å². The number of nitrogens with one attached hydrogen (secondary N) is 1. The van der Waals surface area contributed by atoms with Gasteiger partial charge in [0.2, 0.25) is 0 Å².